The van der Waals surface area contributed by atoms with E-state index in [4.69, 9.17) is 27.9 Å². The number of methoxy groups -OCH3 is 1. The molecule has 0 saturated heterocycles. The highest BCUT2D eigenvalue weighted by atomic mass is 35.5. The Hall–Kier alpha value is -2.36. The molecule has 5 rings (SSSR count). The summed E-state index contributed by atoms with van der Waals surface area (Å²) in [4.78, 5) is 0. The molecule has 142 valence electrons. The van der Waals surface area contributed by atoms with E-state index in [0.29, 0.717) is 10.0 Å². The number of imidazole rings is 1. The van der Waals surface area contributed by atoms with Crippen LogP contribution in [0, 0.1) is 0 Å². The molecule has 0 saturated carbocycles. The van der Waals surface area contributed by atoms with Crippen molar-refractivity contribution in [2.45, 2.75) is 25.8 Å². The number of ether oxygens (including phenoxy) is 1. The van der Waals surface area contributed by atoms with Gasteiger partial charge in [-0.3, -0.25) is 0 Å². The lowest BCUT2D eigenvalue weighted by Gasteiger charge is -2.09. The summed E-state index contributed by atoms with van der Waals surface area (Å²) >= 11 is 12.4. The molecule has 3 heterocycles. The highest BCUT2D eigenvalue weighted by Crippen LogP contribution is 2.37. The van der Waals surface area contributed by atoms with Crippen LogP contribution in [-0.2, 0) is 13.0 Å². The molecule has 28 heavy (non-hydrogen) atoms. The highest BCUT2D eigenvalue weighted by Gasteiger charge is 2.22. The van der Waals surface area contributed by atoms with E-state index in [1.54, 1.807) is 7.11 Å². The predicted octanol–water partition coefficient (Wildman–Crippen LogP) is 6.73. The van der Waals surface area contributed by atoms with Gasteiger partial charge in [-0.2, -0.15) is 0 Å². The standard InChI is InChI=1S/C23H20Cl2N2O/c1-28-17-8-5-15(6-9-17)19-13-26-14-22(16-7-10-20(24)21(25)12-16)27-11-3-2-4-18(19)23(26)27/h5-10,12-14H,2-4,11H2,1H3. The van der Waals surface area contributed by atoms with Crippen LogP contribution in [0.1, 0.15) is 18.4 Å². The molecule has 0 amide bonds. The minimum Gasteiger partial charge on any atom is -0.497 e. The minimum atomic E-state index is 0.585. The summed E-state index contributed by atoms with van der Waals surface area (Å²) in [6, 6.07) is 14.2. The zero-order chi connectivity index (χ0) is 19.3. The van der Waals surface area contributed by atoms with E-state index in [2.05, 4.69) is 33.5 Å². The van der Waals surface area contributed by atoms with Crippen LogP contribution < -0.4 is 4.74 Å². The summed E-state index contributed by atoms with van der Waals surface area (Å²) in [5, 5.41) is 1.17. The number of hydrogen-bond acceptors (Lipinski definition) is 1. The molecule has 5 heteroatoms. The zero-order valence-corrected chi connectivity index (χ0v) is 17.1. The number of aryl methyl sites for hydroxylation is 2. The molecular formula is C23H20Cl2N2O. The first-order chi connectivity index (χ1) is 13.7. The first kappa shape index (κ1) is 17.7. The maximum absolute atomic E-state index is 6.28. The quantitative estimate of drug-likeness (QED) is 0.366. The summed E-state index contributed by atoms with van der Waals surface area (Å²) in [7, 11) is 1.70. The van der Waals surface area contributed by atoms with Crippen LogP contribution in [0.4, 0.5) is 0 Å². The lowest BCUT2D eigenvalue weighted by molar-refractivity contribution is 0.415. The fourth-order valence-corrected chi connectivity index (χ4v) is 4.52. The first-order valence-electron chi connectivity index (χ1n) is 9.48. The van der Waals surface area contributed by atoms with Gasteiger partial charge in [-0.25, -0.2) is 0 Å². The maximum Gasteiger partial charge on any atom is 0.121 e. The average Bonchev–Trinajstić information content (AvgIpc) is 3.15. The number of benzene rings is 2. The van der Waals surface area contributed by atoms with Crippen LogP contribution in [0.3, 0.4) is 0 Å². The van der Waals surface area contributed by atoms with Gasteiger partial charge in [-0.15, -0.1) is 0 Å². The first-order valence-corrected chi connectivity index (χ1v) is 10.2. The second-order valence-electron chi connectivity index (χ2n) is 7.23. The normalized spacial score (nSPS) is 13.7. The van der Waals surface area contributed by atoms with E-state index < -0.39 is 0 Å². The van der Waals surface area contributed by atoms with E-state index in [9.17, 15) is 0 Å². The second-order valence-corrected chi connectivity index (χ2v) is 8.05. The topological polar surface area (TPSA) is 18.6 Å². The number of nitrogens with zero attached hydrogens (tertiary/aromatic N) is 2. The van der Waals surface area contributed by atoms with Crippen molar-refractivity contribution in [2.75, 3.05) is 7.11 Å². The van der Waals surface area contributed by atoms with Crippen LogP contribution in [0.2, 0.25) is 10.0 Å². The van der Waals surface area contributed by atoms with Crippen LogP contribution >= 0.6 is 23.2 Å². The van der Waals surface area contributed by atoms with Gasteiger partial charge in [-0.1, -0.05) is 41.4 Å². The Morgan fingerprint density at radius 3 is 2.43 bits per heavy atom. The minimum absolute atomic E-state index is 0.585. The molecule has 0 unspecified atom stereocenters. The molecule has 2 aromatic carbocycles. The average molecular weight is 411 g/mol. The number of rotatable bonds is 3. The van der Waals surface area contributed by atoms with Crippen molar-refractivity contribution >= 4 is 28.8 Å². The van der Waals surface area contributed by atoms with E-state index >= 15 is 0 Å². The molecule has 0 atom stereocenters. The second kappa shape index (κ2) is 6.91. The van der Waals surface area contributed by atoms with E-state index in [0.717, 1.165) is 30.7 Å². The number of halogens is 2. The van der Waals surface area contributed by atoms with Gasteiger partial charge < -0.3 is 13.7 Å². The van der Waals surface area contributed by atoms with Gasteiger partial charge in [0.15, 0.2) is 0 Å². The monoisotopic (exact) mass is 410 g/mol. The molecule has 0 fully saturated rings. The lowest BCUT2D eigenvalue weighted by atomic mass is 10.0. The van der Waals surface area contributed by atoms with Crippen molar-refractivity contribution in [1.82, 2.24) is 8.97 Å². The summed E-state index contributed by atoms with van der Waals surface area (Å²) in [5.41, 5.74) is 7.49. The predicted molar refractivity (Wildman–Crippen MR) is 116 cm³/mol. The third kappa shape index (κ3) is 2.81. The molecule has 0 aliphatic carbocycles. The largest absolute Gasteiger partial charge is 0.497 e. The molecule has 2 aromatic heterocycles. The smallest absolute Gasteiger partial charge is 0.121 e. The van der Waals surface area contributed by atoms with Crippen LogP contribution in [0.15, 0.2) is 54.9 Å². The summed E-state index contributed by atoms with van der Waals surface area (Å²) in [6.07, 6.45) is 7.88. The Labute approximate surface area is 174 Å². The SMILES string of the molecule is COc1ccc(-c2cn3cc(-c4ccc(Cl)c(Cl)c4)n4c3c2CCCC4)cc1. The molecule has 0 bridgehead atoms. The maximum atomic E-state index is 6.28. The summed E-state index contributed by atoms with van der Waals surface area (Å²) in [5.74, 6) is 0.879. The zero-order valence-electron chi connectivity index (χ0n) is 15.6. The van der Waals surface area contributed by atoms with Crippen molar-refractivity contribution < 1.29 is 4.74 Å². The Kier molecular flexibility index (Phi) is 4.37. The third-order valence-corrected chi connectivity index (χ3v) is 6.33. The van der Waals surface area contributed by atoms with Gasteiger partial charge in [0, 0.05) is 35.6 Å². The van der Waals surface area contributed by atoms with Crippen molar-refractivity contribution in [3.05, 3.63) is 70.5 Å². The van der Waals surface area contributed by atoms with E-state index in [-0.39, 0.29) is 0 Å². The van der Waals surface area contributed by atoms with Gasteiger partial charge in [0.05, 0.1) is 22.8 Å². The Bertz CT molecular complexity index is 1170. The van der Waals surface area contributed by atoms with Crippen molar-refractivity contribution in [3.8, 4) is 28.1 Å². The van der Waals surface area contributed by atoms with Gasteiger partial charge >= 0.3 is 0 Å². The number of aromatic nitrogens is 2. The molecule has 0 spiro atoms. The van der Waals surface area contributed by atoms with E-state index in [1.807, 2.05) is 30.3 Å². The van der Waals surface area contributed by atoms with Gasteiger partial charge in [0.25, 0.3) is 0 Å². The Morgan fingerprint density at radius 1 is 0.893 bits per heavy atom. The van der Waals surface area contributed by atoms with Crippen LogP contribution in [0.5, 0.6) is 5.75 Å². The fraction of sp³-hybridized carbons (Fsp3) is 0.217. The van der Waals surface area contributed by atoms with Gasteiger partial charge in [0.1, 0.15) is 11.4 Å². The molecule has 1 aliphatic rings. The molecular weight excluding hydrogens is 391 g/mol. The van der Waals surface area contributed by atoms with Crippen LogP contribution in [-0.4, -0.2) is 16.1 Å². The Balaban J connectivity index is 1.69. The van der Waals surface area contributed by atoms with Gasteiger partial charge in [0.2, 0.25) is 0 Å². The lowest BCUT2D eigenvalue weighted by Crippen LogP contribution is -1.99. The fourth-order valence-electron chi connectivity index (χ4n) is 4.22. The summed E-state index contributed by atoms with van der Waals surface area (Å²) in [6.45, 7) is 1.01. The molecule has 0 N–H and O–H groups in total. The van der Waals surface area contributed by atoms with Crippen LogP contribution in [0.25, 0.3) is 28.0 Å². The van der Waals surface area contributed by atoms with Crippen molar-refractivity contribution in [2.24, 2.45) is 0 Å². The molecule has 4 aromatic rings. The van der Waals surface area contributed by atoms with Crippen molar-refractivity contribution in [3.63, 3.8) is 0 Å². The third-order valence-electron chi connectivity index (χ3n) is 5.59. The molecule has 3 nitrogen and oxygen atoms in total. The highest BCUT2D eigenvalue weighted by molar-refractivity contribution is 6.42. The Morgan fingerprint density at radius 2 is 1.68 bits per heavy atom. The molecule has 0 radical (unpaired) electrons. The van der Waals surface area contributed by atoms with Crippen molar-refractivity contribution in [1.29, 1.82) is 0 Å². The molecule has 1 aliphatic heterocycles. The van der Waals surface area contributed by atoms with Gasteiger partial charge in [-0.05, 0) is 49.1 Å². The summed E-state index contributed by atoms with van der Waals surface area (Å²) < 4.78 is 10.00. The van der Waals surface area contributed by atoms with E-state index in [1.165, 1.54) is 34.5 Å². The number of hydrogen-bond donors (Lipinski definition) is 0.